The van der Waals surface area contributed by atoms with Crippen LogP contribution in [0.2, 0.25) is 0 Å². The maximum Gasteiger partial charge on any atom is 0.161 e. The van der Waals surface area contributed by atoms with Crippen LogP contribution in [0.3, 0.4) is 0 Å². The molecule has 0 spiro atoms. The highest BCUT2D eigenvalue weighted by Gasteiger charge is 2.24. The predicted molar refractivity (Wildman–Crippen MR) is 78.0 cm³/mol. The van der Waals surface area contributed by atoms with Crippen LogP contribution in [0.5, 0.6) is 5.75 Å². The molecule has 5 heteroatoms. The van der Waals surface area contributed by atoms with E-state index >= 15 is 0 Å². The fourth-order valence-corrected chi connectivity index (χ4v) is 2.35. The third kappa shape index (κ3) is 2.88. The Bertz CT molecular complexity index is 524. The molecule has 0 fully saturated rings. The number of nitrogens with one attached hydrogen (secondary N) is 1. The van der Waals surface area contributed by atoms with Crippen LogP contribution >= 0.6 is 0 Å². The van der Waals surface area contributed by atoms with Crippen LogP contribution in [0.1, 0.15) is 43.3 Å². The molecule has 2 rings (SSSR count). The Labute approximate surface area is 119 Å². The highest BCUT2D eigenvalue weighted by atomic mass is 16.5. The molecule has 1 unspecified atom stereocenters. The third-order valence-corrected chi connectivity index (χ3v) is 3.32. The average molecular weight is 277 g/mol. The number of ether oxygens (including phenoxy) is 1. The molecule has 0 saturated heterocycles. The second-order valence-corrected chi connectivity index (χ2v) is 4.79. The van der Waals surface area contributed by atoms with Crippen molar-refractivity contribution in [2.24, 2.45) is 0 Å². The Kier molecular flexibility index (Phi) is 4.84. The lowest BCUT2D eigenvalue weighted by molar-refractivity contribution is 0.398. The molecule has 0 radical (unpaired) electrons. The fraction of sp³-hybridized carbons (Fsp3) is 0.533. The van der Waals surface area contributed by atoms with Crippen molar-refractivity contribution in [2.75, 3.05) is 13.7 Å². The Balaban J connectivity index is 2.42. The van der Waals surface area contributed by atoms with E-state index < -0.39 is 0 Å². The standard InChI is InChI=1S/C15H23N3O2/c1-5-7-16-14(12-8-11(3)20-10-12)15-13(19-4)9-17-18(15)6-2/h8-10,14,16H,5-7H2,1-4H3. The van der Waals surface area contributed by atoms with Gasteiger partial charge in [-0.1, -0.05) is 6.92 Å². The summed E-state index contributed by atoms with van der Waals surface area (Å²) in [5.74, 6) is 1.71. The lowest BCUT2D eigenvalue weighted by atomic mass is 10.1. The number of hydrogen-bond donors (Lipinski definition) is 1. The van der Waals surface area contributed by atoms with Crippen LogP contribution in [-0.2, 0) is 6.54 Å². The molecule has 5 nitrogen and oxygen atoms in total. The molecular weight excluding hydrogens is 254 g/mol. The fourth-order valence-electron chi connectivity index (χ4n) is 2.35. The summed E-state index contributed by atoms with van der Waals surface area (Å²) in [6.07, 6.45) is 4.64. The first-order valence-electron chi connectivity index (χ1n) is 7.09. The molecule has 0 saturated carbocycles. The maximum atomic E-state index is 5.46. The van der Waals surface area contributed by atoms with Gasteiger partial charge in [0, 0.05) is 12.1 Å². The highest BCUT2D eigenvalue weighted by molar-refractivity contribution is 5.36. The molecule has 0 aromatic carbocycles. The van der Waals surface area contributed by atoms with E-state index in [0.29, 0.717) is 0 Å². The summed E-state index contributed by atoms with van der Waals surface area (Å²) in [5, 5.41) is 7.94. The Morgan fingerprint density at radius 1 is 1.45 bits per heavy atom. The van der Waals surface area contributed by atoms with Crippen LogP contribution < -0.4 is 10.1 Å². The summed E-state index contributed by atoms with van der Waals surface area (Å²) in [4.78, 5) is 0. The average Bonchev–Trinajstić information content (AvgIpc) is 3.06. The first-order valence-corrected chi connectivity index (χ1v) is 7.09. The molecule has 0 aliphatic heterocycles. The zero-order valence-electron chi connectivity index (χ0n) is 12.6. The Hall–Kier alpha value is -1.75. The van der Waals surface area contributed by atoms with Crippen LogP contribution in [0.4, 0.5) is 0 Å². The van der Waals surface area contributed by atoms with E-state index in [0.717, 1.165) is 42.3 Å². The summed E-state index contributed by atoms with van der Waals surface area (Å²) in [6.45, 7) is 7.91. The molecule has 2 aromatic heterocycles. The van der Waals surface area contributed by atoms with Gasteiger partial charge in [0.1, 0.15) is 11.5 Å². The van der Waals surface area contributed by atoms with E-state index in [4.69, 9.17) is 9.15 Å². The van der Waals surface area contributed by atoms with Gasteiger partial charge in [0.25, 0.3) is 0 Å². The SMILES string of the molecule is CCCNC(c1coc(C)c1)c1c(OC)cnn1CC. The molecular formula is C15H23N3O2. The minimum Gasteiger partial charge on any atom is -0.493 e. The number of nitrogens with zero attached hydrogens (tertiary/aromatic N) is 2. The number of furan rings is 1. The van der Waals surface area contributed by atoms with Crippen molar-refractivity contribution in [3.63, 3.8) is 0 Å². The number of aryl methyl sites for hydroxylation is 2. The van der Waals surface area contributed by atoms with E-state index in [-0.39, 0.29) is 6.04 Å². The quantitative estimate of drug-likeness (QED) is 0.845. The van der Waals surface area contributed by atoms with E-state index in [1.54, 1.807) is 19.6 Å². The van der Waals surface area contributed by atoms with Crippen molar-refractivity contribution in [2.45, 2.75) is 39.8 Å². The van der Waals surface area contributed by atoms with Crippen molar-refractivity contribution >= 4 is 0 Å². The summed E-state index contributed by atoms with van der Waals surface area (Å²) in [6, 6.07) is 2.09. The molecule has 0 amide bonds. The smallest absolute Gasteiger partial charge is 0.161 e. The normalized spacial score (nSPS) is 12.6. The molecule has 1 atom stereocenters. The second-order valence-electron chi connectivity index (χ2n) is 4.79. The molecule has 0 aliphatic rings. The molecule has 2 heterocycles. The Morgan fingerprint density at radius 3 is 2.80 bits per heavy atom. The van der Waals surface area contributed by atoms with E-state index in [1.807, 2.05) is 11.6 Å². The third-order valence-electron chi connectivity index (χ3n) is 3.32. The summed E-state index contributed by atoms with van der Waals surface area (Å²) in [5.41, 5.74) is 2.15. The van der Waals surface area contributed by atoms with Crippen molar-refractivity contribution in [1.29, 1.82) is 0 Å². The topological polar surface area (TPSA) is 52.2 Å². The van der Waals surface area contributed by atoms with Crippen LogP contribution in [0, 0.1) is 6.92 Å². The highest BCUT2D eigenvalue weighted by Crippen LogP contribution is 2.31. The van der Waals surface area contributed by atoms with Gasteiger partial charge < -0.3 is 14.5 Å². The first kappa shape index (κ1) is 14.7. The van der Waals surface area contributed by atoms with Gasteiger partial charge in [-0.15, -0.1) is 0 Å². The monoisotopic (exact) mass is 277 g/mol. The lowest BCUT2D eigenvalue weighted by Crippen LogP contribution is -2.26. The van der Waals surface area contributed by atoms with Crippen molar-refractivity contribution < 1.29 is 9.15 Å². The van der Waals surface area contributed by atoms with E-state index in [9.17, 15) is 0 Å². The van der Waals surface area contributed by atoms with E-state index in [1.165, 1.54) is 0 Å². The van der Waals surface area contributed by atoms with Crippen molar-refractivity contribution in [1.82, 2.24) is 15.1 Å². The number of methoxy groups -OCH3 is 1. The van der Waals surface area contributed by atoms with Crippen molar-refractivity contribution in [3.05, 3.63) is 35.5 Å². The van der Waals surface area contributed by atoms with Gasteiger partial charge in [0.15, 0.2) is 5.75 Å². The second kappa shape index (κ2) is 6.61. The number of hydrogen-bond acceptors (Lipinski definition) is 4. The minimum atomic E-state index is 0.0322. The summed E-state index contributed by atoms with van der Waals surface area (Å²) < 4.78 is 12.9. The van der Waals surface area contributed by atoms with Gasteiger partial charge in [0.2, 0.25) is 0 Å². The first-order chi connectivity index (χ1) is 9.71. The largest absolute Gasteiger partial charge is 0.493 e. The molecule has 0 bridgehead atoms. The molecule has 0 aliphatic carbocycles. The zero-order chi connectivity index (χ0) is 14.5. The maximum absolute atomic E-state index is 5.46. The summed E-state index contributed by atoms with van der Waals surface area (Å²) in [7, 11) is 1.68. The van der Waals surface area contributed by atoms with Gasteiger partial charge in [-0.25, -0.2) is 0 Å². The molecule has 20 heavy (non-hydrogen) atoms. The lowest BCUT2D eigenvalue weighted by Gasteiger charge is -2.19. The summed E-state index contributed by atoms with van der Waals surface area (Å²) >= 11 is 0. The van der Waals surface area contributed by atoms with Crippen LogP contribution in [0.15, 0.2) is 22.9 Å². The number of rotatable bonds is 7. The predicted octanol–water partition coefficient (Wildman–Crippen LogP) is 2.90. The van der Waals surface area contributed by atoms with Gasteiger partial charge in [-0.3, -0.25) is 4.68 Å². The van der Waals surface area contributed by atoms with Gasteiger partial charge in [-0.2, -0.15) is 5.10 Å². The molecule has 1 N–H and O–H groups in total. The van der Waals surface area contributed by atoms with E-state index in [2.05, 4.69) is 30.3 Å². The molecule has 2 aromatic rings. The van der Waals surface area contributed by atoms with Gasteiger partial charge >= 0.3 is 0 Å². The minimum absolute atomic E-state index is 0.0322. The van der Waals surface area contributed by atoms with Crippen LogP contribution in [-0.4, -0.2) is 23.4 Å². The van der Waals surface area contributed by atoms with Crippen LogP contribution in [0.25, 0.3) is 0 Å². The zero-order valence-corrected chi connectivity index (χ0v) is 12.6. The van der Waals surface area contributed by atoms with Gasteiger partial charge in [-0.05, 0) is 32.9 Å². The van der Waals surface area contributed by atoms with Gasteiger partial charge in [0.05, 0.1) is 25.6 Å². The number of aromatic nitrogens is 2. The Morgan fingerprint density at radius 2 is 2.25 bits per heavy atom. The molecule has 110 valence electrons. The van der Waals surface area contributed by atoms with Crippen molar-refractivity contribution in [3.8, 4) is 5.75 Å².